The summed E-state index contributed by atoms with van der Waals surface area (Å²) in [6.07, 6.45) is -18.3. The molecular formula is C51H73NO22. The molecule has 0 radical (unpaired) electrons. The topological polar surface area (TPSA) is 323 Å². The lowest BCUT2D eigenvalue weighted by Gasteiger charge is -2.49. The first-order valence-corrected chi connectivity index (χ1v) is 25.3. The summed E-state index contributed by atoms with van der Waals surface area (Å²) in [6, 6.07) is 12.1. The monoisotopic (exact) mass is 1050 g/mol. The van der Waals surface area contributed by atoms with Crippen LogP contribution in [0.15, 0.2) is 48.5 Å². The maximum absolute atomic E-state index is 14.7. The largest absolute Gasteiger partial charge is 0.493 e. The molecule has 8 N–H and O–H groups in total. The highest BCUT2D eigenvalue weighted by Gasteiger charge is 2.57. The molecule has 0 spiro atoms. The van der Waals surface area contributed by atoms with E-state index < -0.39 is 123 Å². The molecule has 2 aromatic rings. The van der Waals surface area contributed by atoms with Crippen LogP contribution in [0.5, 0.6) is 11.5 Å². The van der Waals surface area contributed by atoms with Gasteiger partial charge in [0.1, 0.15) is 54.9 Å². The van der Waals surface area contributed by atoms with Crippen LogP contribution in [0.3, 0.4) is 0 Å². The number of methoxy groups -OCH3 is 3. The van der Waals surface area contributed by atoms with Crippen LogP contribution in [0.4, 0.5) is 5.69 Å². The Morgan fingerprint density at radius 3 is 2.08 bits per heavy atom. The Kier molecular flexibility index (Phi) is 23.0. The molecule has 15 atom stereocenters. The average Bonchev–Trinajstić information content (AvgIpc) is 3.41. The van der Waals surface area contributed by atoms with Crippen molar-refractivity contribution in [2.45, 2.75) is 176 Å². The molecule has 4 fully saturated rings. The molecule has 15 unspecified atom stereocenters. The maximum Gasteiger partial charge on any atom is 0.338 e. The van der Waals surface area contributed by atoms with Gasteiger partial charge >= 0.3 is 17.9 Å². The number of hydrogen-bond acceptors (Lipinski definition) is 21. The molecule has 414 valence electrons. The number of hydrogen-bond donors (Lipinski definition) is 8. The van der Waals surface area contributed by atoms with Crippen molar-refractivity contribution < 1.29 is 107 Å². The Labute approximate surface area is 429 Å². The van der Waals surface area contributed by atoms with Crippen LogP contribution in [0, 0.1) is 5.92 Å². The molecule has 1 aliphatic carbocycles. The van der Waals surface area contributed by atoms with Gasteiger partial charge in [-0.1, -0.05) is 76.0 Å². The molecule has 23 heteroatoms. The second-order valence-electron chi connectivity index (χ2n) is 18.9. The standard InChI is InChI=1S/C51H73NO22/c1-64-32-22-21-30(25-33(32)65-2)52-46(60)44-43(73-49-39(58)37(56)31(54)27-68-49)42(40(59)50(74-44)67-23-15-7-5-4-6-14-20-36(55)66-3)72-51-45(71-48(63)29-18-12-9-13-19-29)41(38(57)35(26-53)70-51)69-34(47(61)62)24-28-16-10-8-11-17-28/h9,12-13,18-19,21-22,25,28,31,34-35,37-45,49-51,53-54,56-59H,4-8,10-11,14-17,20,23-24,26-27H2,1-3H3,(H,52,60)(H,61,62). The van der Waals surface area contributed by atoms with Gasteiger partial charge in [-0.15, -0.1) is 0 Å². The van der Waals surface area contributed by atoms with Crippen LogP contribution in [0.1, 0.15) is 93.8 Å². The van der Waals surface area contributed by atoms with Gasteiger partial charge in [0.25, 0.3) is 5.91 Å². The zero-order chi connectivity index (χ0) is 53.3. The van der Waals surface area contributed by atoms with E-state index in [1.807, 2.05) is 0 Å². The van der Waals surface area contributed by atoms with Crippen molar-refractivity contribution in [3.8, 4) is 11.5 Å². The number of aliphatic hydroxyl groups is 6. The summed E-state index contributed by atoms with van der Waals surface area (Å²) in [5.41, 5.74) is 0.193. The third kappa shape index (κ3) is 15.7. The molecule has 74 heavy (non-hydrogen) atoms. The van der Waals surface area contributed by atoms with E-state index in [4.69, 9.17) is 52.1 Å². The van der Waals surface area contributed by atoms with Gasteiger partial charge < -0.3 is 93.2 Å². The number of esters is 2. The number of aliphatic hydroxyl groups excluding tert-OH is 6. The third-order valence-electron chi connectivity index (χ3n) is 13.7. The second-order valence-corrected chi connectivity index (χ2v) is 18.9. The number of unbranched alkanes of at least 4 members (excludes halogenated alkanes) is 5. The second kappa shape index (κ2) is 29.1. The fraction of sp³-hybridized carbons (Fsp3) is 0.686. The van der Waals surface area contributed by atoms with E-state index in [1.165, 1.54) is 51.7 Å². The maximum atomic E-state index is 14.7. The van der Waals surface area contributed by atoms with Gasteiger partial charge in [0.2, 0.25) is 0 Å². The summed E-state index contributed by atoms with van der Waals surface area (Å²) in [4.78, 5) is 53.1. The van der Waals surface area contributed by atoms with Crippen LogP contribution >= 0.6 is 0 Å². The highest BCUT2D eigenvalue weighted by atomic mass is 16.8. The zero-order valence-corrected chi connectivity index (χ0v) is 41.9. The number of ether oxygens (including phenoxy) is 11. The summed E-state index contributed by atoms with van der Waals surface area (Å²) in [7, 11) is 4.15. The highest BCUT2D eigenvalue weighted by Crippen LogP contribution is 2.38. The molecule has 2 aromatic carbocycles. The number of rotatable bonds is 26. The van der Waals surface area contributed by atoms with Gasteiger partial charge in [0, 0.05) is 24.8 Å². The van der Waals surface area contributed by atoms with E-state index in [2.05, 4.69) is 5.32 Å². The molecule has 3 saturated heterocycles. The van der Waals surface area contributed by atoms with Gasteiger partial charge in [0.05, 0.1) is 40.1 Å². The van der Waals surface area contributed by atoms with Gasteiger partial charge in [-0.05, 0) is 49.4 Å². The van der Waals surface area contributed by atoms with Crippen molar-refractivity contribution in [1.29, 1.82) is 0 Å². The highest BCUT2D eigenvalue weighted by molar-refractivity contribution is 5.95. The molecule has 3 aliphatic heterocycles. The lowest BCUT2D eigenvalue weighted by atomic mass is 9.85. The number of aliphatic carboxylic acids is 1. The van der Waals surface area contributed by atoms with Crippen LogP contribution in [0.25, 0.3) is 0 Å². The predicted octanol–water partition coefficient (Wildman–Crippen LogP) is 1.97. The van der Waals surface area contributed by atoms with Crippen molar-refractivity contribution in [1.82, 2.24) is 0 Å². The molecule has 23 nitrogen and oxygen atoms in total. The Bertz CT molecular complexity index is 2060. The Balaban J connectivity index is 1.37. The third-order valence-corrected chi connectivity index (χ3v) is 13.7. The van der Waals surface area contributed by atoms with Gasteiger partial charge in [-0.3, -0.25) is 9.59 Å². The summed E-state index contributed by atoms with van der Waals surface area (Å²) in [5.74, 6) is -3.05. The number of amides is 1. The molecule has 0 aromatic heterocycles. The van der Waals surface area contributed by atoms with E-state index in [-0.39, 0.29) is 41.9 Å². The molecule has 1 saturated carbocycles. The number of benzene rings is 2. The number of carbonyl (C=O) groups is 4. The SMILES string of the molecule is COC(=O)CCCCCCCCOC1OC(C(=O)Nc2ccc(OC)c(OC)c2)C(OC2OCC(O)C(O)C2O)C(OC2OC(CO)C(O)C(OC(CC3CCCCC3)C(=O)O)C2OC(=O)c2ccccc2)C1O. The fourth-order valence-corrected chi connectivity index (χ4v) is 9.52. The fourth-order valence-electron chi connectivity index (χ4n) is 9.52. The van der Waals surface area contributed by atoms with E-state index in [1.54, 1.807) is 18.2 Å². The minimum absolute atomic E-state index is 0.0236. The minimum Gasteiger partial charge on any atom is -0.493 e. The average molecular weight is 1050 g/mol. The Morgan fingerprint density at radius 2 is 1.41 bits per heavy atom. The minimum atomic E-state index is -1.97. The first-order chi connectivity index (χ1) is 35.7. The van der Waals surface area contributed by atoms with Gasteiger partial charge in [-0.2, -0.15) is 0 Å². The molecule has 4 aliphatic rings. The lowest BCUT2D eigenvalue weighted by Crippen LogP contribution is -2.68. The summed E-state index contributed by atoms with van der Waals surface area (Å²) < 4.78 is 64.7. The smallest absolute Gasteiger partial charge is 0.338 e. The number of nitrogens with one attached hydrogen (secondary N) is 1. The van der Waals surface area contributed by atoms with Crippen molar-refractivity contribution in [3.63, 3.8) is 0 Å². The number of anilines is 1. The summed E-state index contributed by atoms with van der Waals surface area (Å²) >= 11 is 0. The molecule has 3 heterocycles. The summed E-state index contributed by atoms with van der Waals surface area (Å²) in [5, 5.41) is 80.2. The van der Waals surface area contributed by atoms with Crippen molar-refractivity contribution in [2.24, 2.45) is 5.92 Å². The number of carboxylic acids is 1. The molecule has 1 amide bonds. The van der Waals surface area contributed by atoms with Crippen molar-refractivity contribution in [3.05, 3.63) is 54.1 Å². The molecule has 6 rings (SSSR count). The lowest BCUT2D eigenvalue weighted by molar-refractivity contribution is -0.378. The molecular weight excluding hydrogens is 979 g/mol. The number of carboxylic acid groups (broad SMARTS) is 1. The van der Waals surface area contributed by atoms with E-state index in [0.29, 0.717) is 31.4 Å². The van der Waals surface area contributed by atoms with Crippen LogP contribution in [0.2, 0.25) is 0 Å². The first-order valence-electron chi connectivity index (χ1n) is 25.3. The normalized spacial score (nSPS) is 30.9. The zero-order valence-electron chi connectivity index (χ0n) is 41.9. The predicted molar refractivity (Wildman–Crippen MR) is 256 cm³/mol. The summed E-state index contributed by atoms with van der Waals surface area (Å²) in [6.45, 7) is -1.47. The van der Waals surface area contributed by atoms with Gasteiger partial charge in [0.15, 0.2) is 48.7 Å². The van der Waals surface area contributed by atoms with E-state index in [9.17, 15) is 54.9 Å². The number of carbonyl (C=O) groups excluding carboxylic acids is 3. The van der Waals surface area contributed by atoms with Crippen LogP contribution in [-0.4, -0.2) is 193 Å². The van der Waals surface area contributed by atoms with Crippen LogP contribution in [-0.2, 0) is 57.0 Å². The van der Waals surface area contributed by atoms with Crippen molar-refractivity contribution >= 4 is 29.5 Å². The quantitative estimate of drug-likeness (QED) is 0.0493. The first kappa shape index (κ1) is 58.7. The molecule has 0 bridgehead atoms. The van der Waals surface area contributed by atoms with Crippen LogP contribution < -0.4 is 14.8 Å². The van der Waals surface area contributed by atoms with Crippen molar-refractivity contribution in [2.75, 3.05) is 46.5 Å². The van der Waals surface area contributed by atoms with E-state index >= 15 is 0 Å². The van der Waals surface area contributed by atoms with E-state index in [0.717, 1.165) is 51.4 Å². The Morgan fingerprint density at radius 1 is 0.716 bits per heavy atom. The Hall–Kier alpha value is -4.60. The van der Waals surface area contributed by atoms with Gasteiger partial charge in [-0.25, -0.2) is 9.59 Å².